The van der Waals surface area contributed by atoms with Crippen molar-refractivity contribution in [2.45, 2.75) is 33.1 Å². The molecule has 0 spiro atoms. The predicted octanol–water partition coefficient (Wildman–Crippen LogP) is 2.54. The zero-order valence-electron chi connectivity index (χ0n) is 10.3. The second kappa shape index (κ2) is 4.46. The number of rotatable bonds is 3. The lowest BCUT2D eigenvalue weighted by Gasteiger charge is -2.24. The summed E-state index contributed by atoms with van der Waals surface area (Å²) >= 11 is 0. The summed E-state index contributed by atoms with van der Waals surface area (Å²) in [5, 5.41) is 0. The highest BCUT2D eigenvalue weighted by molar-refractivity contribution is 5.38. The molecule has 1 aromatic rings. The molecular formula is C14H21NO. The normalized spacial score (nSPS) is 15.4. The maximum absolute atomic E-state index is 5.77. The van der Waals surface area contributed by atoms with Crippen molar-refractivity contribution in [3.8, 4) is 5.75 Å². The van der Waals surface area contributed by atoms with Gasteiger partial charge in [0.05, 0.1) is 6.61 Å². The summed E-state index contributed by atoms with van der Waals surface area (Å²) < 4.78 is 5.61. The Hall–Kier alpha value is -1.02. The molecule has 0 aromatic heterocycles. The van der Waals surface area contributed by atoms with E-state index in [1.54, 1.807) is 0 Å². The summed E-state index contributed by atoms with van der Waals surface area (Å²) in [5.41, 5.74) is 8.68. The van der Waals surface area contributed by atoms with Gasteiger partial charge >= 0.3 is 0 Å². The van der Waals surface area contributed by atoms with E-state index in [0.29, 0.717) is 0 Å². The molecule has 1 heterocycles. The summed E-state index contributed by atoms with van der Waals surface area (Å²) in [4.78, 5) is 0. The summed E-state index contributed by atoms with van der Waals surface area (Å²) in [7, 11) is 0. The van der Waals surface area contributed by atoms with E-state index in [1.807, 2.05) is 0 Å². The Morgan fingerprint density at radius 3 is 2.94 bits per heavy atom. The van der Waals surface area contributed by atoms with Crippen molar-refractivity contribution >= 4 is 0 Å². The minimum absolute atomic E-state index is 0.184. The van der Waals surface area contributed by atoms with Crippen molar-refractivity contribution < 1.29 is 4.74 Å². The van der Waals surface area contributed by atoms with Crippen molar-refractivity contribution in [3.05, 3.63) is 29.3 Å². The lowest BCUT2D eigenvalue weighted by atomic mass is 9.85. The molecule has 0 saturated carbocycles. The van der Waals surface area contributed by atoms with E-state index >= 15 is 0 Å². The van der Waals surface area contributed by atoms with Gasteiger partial charge in [0.15, 0.2) is 0 Å². The van der Waals surface area contributed by atoms with E-state index in [1.165, 1.54) is 11.1 Å². The molecule has 0 fully saturated rings. The summed E-state index contributed by atoms with van der Waals surface area (Å²) in [6.07, 6.45) is 3.32. The number of aryl methyl sites for hydroxylation is 1. The maximum atomic E-state index is 5.77. The van der Waals surface area contributed by atoms with Crippen LogP contribution >= 0.6 is 0 Å². The second-order valence-electron chi connectivity index (χ2n) is 5.44. The fourth-order valence-corrected chi connectivity index (χ4v) is 2.15. The number of hydrogen-bond donors (Lipinski definition) is 1. The molecule has 2 rings (SSSR count). The van der Waals surface area contributed by atoms with Gasteiger partial charge in [0.25, 0.3) is 0 Å². The van der Waals surface area contributed by atoms with Gasteiger partial charge < -0.3 is 10.5 Å². The van der Waals surface area contributed by atoms with Crippen LogP contribution in [0.15, 0.2) is 18.2 Å². The number of ether oxygens (including phenoxy) is 1. The van der Waals surface area contributed by atoms with Crippen LogP contribution in [0.2, 0.25) is 0 Å². The topological polar surface area (TPSA) is 35.2 Å². The van der Waals surface area contributed by atoms with Gasteiger partial charge in [-0.3, -0.25) is 0 Å². The molecule has 0 unspecified atom stereocenters. The molecule has 0 saturated heterocycles. The van der Waals surface area contributed by atoms with Crippen LogP contribution in [0.4, 0.5) is 0 Å². The molecule has 0 aliphatic carbocycles. The number of hydrogen-bond acceptors (Lipinski definition) is 2. The Labute approximate surface area is 97.8 Å². The monoisotopic (exact) mass is 219 g/mol. The van der Waals surface area contributed by atoms with E-state index < -0.39 is 0 Å². The lowest BCUT2D eigenvalue weighted by molar-refractivity contribution is 0.288. The molecule has 0 bridgehead atoms. The van der Waals surface area contributed by atoms with Crippen LogP contribution in [0.25, 0.3) is 0 Å². The first-order valence-electron chi connectivity index (χ1n) is 6.05. The first-order chi connectivity index (χ1) is 7.61. The first-order valence-corrected chi connectivity index (χ1v) is 6.05. The zero-order valence-corrected chi connectivity index (χ0v) is 10.3. The molecule has 16 heavy (non-hydrogen) atoms. The van der Waals surface area contributed by atoms with E-state index in [4.69, 9.17) is 10.5 Å². The largest absolute Gasteiger partial charge is 0.493 e. The van der Waals surface area contributed by atoms with Gasteiger partial charge in [-0.2, -0.15) is 0 Å². The zero-order chi connectivity index (χ0) is 11.6. The van der Waals surface area contributed by atoms with Crippen LogP contribution in [-0.2, 0) is 12.8 Å². The minimum atomic E-state index is 0.184. The summed E-state index contributed by atoms with van der Waals surface area (Å²) in [6, 6.07) is 6.56. The highest BCUT2D eigenvalue weighted by Crippen LogP contribution is 2.28. The molecule has 0 atom stereocenters. The predicted molar refractivity (Wildman–Crippen MR) is 66.8 cm³/mol. The molecule has 2 heteroatoms. The molecule has 2 nitrogen and oxygen atoms in total. The molecule has 1 aromatic carbocycles. The molecule has 2 N–H and O–H groups in total. The minimum Gasteiger partial charge on any atom is -0.493 e. The van der Waals surface area contributed by atoms with E-state index in [-0.39, 0.29) is 5.41 Å². The summed E-state index contributed by atoms with van der Waals surface area (Å²) in [6.45, 7) is 6.01. The van der Waals surface area contributed by atoms with Gasteiger partial charge in [0.1, 0.15) is 5.75 Å². The van der Waals surface area contributed by atoms with Crippen LogP contribution < -0.4 is 10.5 Å². The smallest absolute Gasteiger partial charge is 0.122 e. The van der Waals surface area contributed by atoms with Crippen LogP contribution in [0.5, 0.6) is 5.75 Å². The Kier molecular flexibility index (Phi) is 3.20. The molecule has 0 radical (unpaired) electrons. The van der Waals surface area contributed by atoms with E-state index in [9.17, 15) is 0 Å². The quantitative estimate of drug-likeness (QED) is 0.848. The van der Waals surface area contributed by atoms with Crippen molar-refractivity contribution in [2.75, 3.05) is 13.2 Å². The second-order valence-corrected chi connectivity index (χ2v) is 5.44. The lowest BCUT2D eigenvalue weighted by Crippen LogP contribution is -2.26. The molecule has 1 aliphatic heterocycles. The Morgan fingerprint density at radius 1 is 1.38 bits per heavy atom. The van der Waals surface area contributed by atoms with Gasteiger partial charge in [0.2, 0.25) is 0 Å². The van der Waals surface area contributed by atoms with E-state index in [0.717, 1.165) is 38.2 Å². The average Bonchev–Trinajstić information content (AvgIpc) is 2.28. The SMILES string of the molecule is CC(C)(CN)Cc1ccc2c(c1)CCCO2. The standard InChI is InChI=1S/C14H21NO/c1-14(2,10-15)9-11-5-6-13-12(8-11)4-3-7-16-13/h5-6,8H,3-4,7,9-10,15H2,1-2H3. The Balaban J connectivity index is 2.17. The Bertz CT molecular complexity index is 371. The molecule has 1 aliphatic rings. The van der Waals surface area contributed by atoms with Crippen LogP contribution in [0.3, 0.4) is 0 Å². The third-order valence-electron chi connectivity index (χ3n) is 3.21. The number of fused-ring (bicyclic) bond motifs is 1. The highest BCUT2D eigenvalue weighted by Gasteiger charge is 2.18. The molecular weight excluding hydrogens is 198 g/mol. The van der Waals surface area contributed by atoms with Gasteiger partial charge in [-0.25, -0.2) is 0 Å². The van der Waals surface area contributed by atoms with Crippen molar-refractivity contribution in [1.29, 1.82) is 0 Å². The average molecular weight is 219 g/mol. The first kappa shape index (κ1) is 11.5. The highest BCUT2D eigenvalue weighted by atomic mass is 16.5. The van der Waals surface area contributed by atoms with E-state index in [2.05, 4.69) is 32.0 Å². The fraction of sp³-hybridized carbons (Fsp3) is 0.571. The van der Waals surface area contributed by atoms with Crippen LogP contribution in [-0.4, -0.2) is 13.2 Å². The van der Waals surface area contributed by atoms with Gasteiger partial charge in [-0.15, -0.1) is 0 Å². The maximum Gasteiger partial charge on any atom is 0.122 e. The van der Waals surface area contributed by atoms with Crippen LogP contribution in [0, 0.1) is 5.41 Å². The van der Waals surface area contributed by atoms with Crippen molar-refractivity contribution in [1.82, 2.24) is 0 Å². The number of benzene rings is 1. The van der Waals surface area contributed by atoms with Gasteiger partial charge in [0, 0.05) is 0 Å². The third kappa shape index (κ3) is 2.56. The number of nitrogens with two attached hydrogens (primary N) is 1. The third-order valence-corrected chi connectivity index (χ3v) is 3.21. The molecule has 0 amide bonds. The summed E-state index contributed by atoms with van der Waals surface area (Å²) in [5.74, 6) is 1.07. The van der Waals surface area contributed by atoms with Crippen LogP contribution in [0.1, 0.15) is 31.4 Å². The van der Waals surface area contributed by atoms with Crippen molar-refractivity contribution in [2.24, 2.45) is 11.1 Å². The fourth-order valence-electron chi connectivity index (χ4n) is 2.15. The Morgan fingerprint density at radius 2 is 2.19 bits per heavy atom. The van der Waals surface area contributed by atoms with Gasteiger partial charge in [-0.05, 0) is 48.4 Å². The van der Waals surface area contributed by atoms with Gasteiger partial charge in [-0.1, -0.05) is 26.0 Å². The van der Waals surface area contributed by atoms with Crippen molar-refractivity contribution in [3.63, 3.8) is 0 Å². The molecule has 88 valence electrons.